The summed E-state index contributed by atoms with van der Waals surface area (Å²) in [6, 6.07) is 10.3. The standard InChI is InChI=1S/C29H38N4O5SSi/c1-28(2,3)40-38-29(4,5)27-31-23-18-30-25-22(16-17-32(25)39(35,36)21-10-8-7-9-11-21)24(23)33(27)20-14-12-19(13-15-20)26(34)37-6/h7-11,16-20H,12-15,40H2,1-6H3. The van der Waals surface area contributed by atoms with Gasteiger partial charge in [-0.1, -0.05) is 39.0 Å². The van der Waals surface area contributed by atoms with Crippen LogP contribution in [0.15, 0.2) is 53.7 Å². The Morgan fingerprint density at radius 3 is 2.33 bits per heavy atom. The predicted molar refractivity (Wildman–Crippen MR) is 157 cm³/mol. The summed E-state index contributed by atoms with van der Waals surface area (Å²) in [6.07, 6.45) is 6.21. The first-order valence-corrected chi connectivity index (χ1v) is 16.5. The highest BCUT2D eigenvalue weighted by Gasteiger charge is 2.36. The number of aromatic nitrogens is 4. The molecule has 0 saturated heterocycles. The minimum atomic E-state index is -3.84. The molecule has 0 aliphatic heterocycles. The van der Waals surface area contributed by atoms with E-state index in [0.717, 1.165) is 29.6 Å². The molecule has 1 aromatic carbocycles. The van der Waals surface area contributed by atoms with Crippen molar-refractivity contribution in [1.82, 2.24) is 18.5 Å². The molecule has 0 spiro atoms. The van der Waals surface area contributed by atoms with Crippen LogP contribution in [0, 0.1) is 5.92 Å². The summed E-state index contributed by atoms with van der Waals surface area (Å²) in [6.45, 7) is 10.7. The fourth-order valence-electron chi connectivity index (χ4n) is 5.53. The quantitative estimate of drug-likeness (QED) is 0.221. The molecule has 0 atom stereocenters. The second kappa shape index (κ2) is 10.4. The largest absolute Gasteiger partial charge is 0.469 e. The molecule has 0 unspecified atom stereocenters. The zero-order valence-electron chi connectivity index (χ0n) is 24.0. The third-order valence-corrected chi connectivity index (χ3v) is 11.0. The molecule has 3 heterocycles. The highest BCUT2D eigenvalue weighted by molar-refractivity contribution is 7.90. The number of rotatable bonds is 7. The highest BCUT2D eigenvalue weighted by Crippen LogP contribution is 2.41. The molecule has 214 valence electrons. The molecule has 4 aromatic rings. The summed E-state index contributed by atoms with van der Waals surface area (Å²) in [5.74, 6) is 0.522. The molecule has 0 amide bonds. The average Bonchev–Trinajstić information content (AvgIpc) is 3.54. The van der Waals surface area contributed by atoms with Gasteiger partial charge in [0.2, 0.25) is 0 Å². The smallest absolute Gasteiger partial charge is 0.308 e. The number of ether oxygens (including phenoxy) is 1. The van der Waals surface area contributed by atoms with Crippen molar-refractivity contribution in [3.8, 4) is 0 Å². The van der Waals surface area contributed by atoms with Crippen LogP contribution in [0.4, 0.5) is 0 Å². The van der Waals surface area contributed by atoms with E-state index < -0.39 is 25.4 Å². The van der Waals surface area contributed by atoms with E-state index in [4.69, 9.17) is 14.1 Å². The van der Waals surface area contributed by atoms with Crippen LogP contribution in [0.1, 0.15) is 72.2 Å². The van der Waals surface area contributed by atoms with E-state index in [2.05, 4.69) is 44.2 Å². The van der Waals surface area contributed by atoms with Crippen molar-refractivity contribution in [2.45, 2.75) is 81.9 Å². The van der Waals surface area contributed by atoms with Crippen LogP contribution < -0.4 is 0 Å². The molecule has 1 fully saturated rings. The van der Waals surface area contributed by atoms with Crippen molar-refractivity contribution >= 4 is 47.8 Å². The van der Waals surface area contributed by atoms with Gasteiger partial charge in [0, 0.05) is 17.6 Å². The van der Waals surface area contributed by atoms with Gasteiger partial charge >= 0.3 is 5.97 Å². The fraction of sp³-hybridized carbons (Fsp3) is 0.483. The Morgan fingerprint density at radius 1 is 1.02 bits per heavy atom. The molecule has 1 saturated carbocycles. The number of imidazole rings is 1. The average molecular weight is 583 g/mol. The molecule has 3 aromatic heterocycles. The number of carbonyl (C=O) groups is 1. The highest BCUT2D eigenvalue weighted by atomic mass is 32.2. The Kier molecular flexibility index (Phi) is 7.43. The van der Waals surface area contributed by atoms with Crippen molar-refractivity contribution < 1.29 is 22.4 Å². The van der Waals surface area contributed by atoms with Gasteiger partial charge in [-0.25, -0.2) is 22.4 Å². The number of nitrogens with zero attached hydrogens (tertiary/aromatic N) is 4. The summed E-state index contributed by atoms with van der Waals surface area (Å²) in [4.78, 5) is 22.1. The van der Waals surface area contributed by atoms with Crippen LogP contribution in [0.3, 0.4) is 0 Å². The fourth-order valence-corrected chi connectivity index (χ4v) is 7.77. The lowest BCUT2D eigenvalue weighted by molar-refractivity contribution is -0.146. The van der Waals surface area contributed by atoms with Crippen LogP contribution in [-0.4, -0.2) is 49.8 Å². The van der Waals surface area contributed by atoms with Gasteiger partial charge in [0.05, 0.1) is 29.6 Å². The van der Waals surface area contributed by atoms with E-state index in [0.29, 0.717) is 24.0 Å². The Hall–Kier alpha value is -3.02. The van der Waals surface area contributed by atoms with Crippen molar-refractivity contribution in [3.63, 3.8) is 0 Å². The van der Waals surface area contributed by atoms with Crippen molar-refractivity contribution in [2.75, 3.05) is 7.11 Å². The summed E-state index contributed by atoms with van der Waals surface area (Å²) in [7, 11) is -3.30. The van der Waals surface area contributed by atoms with Gasteiger partial charge in [0.1, 0.15) is 16.9 Å². The number of fused-ring (bicyclic) bond motifs is 3. The van der Waals surface area contributed by atoms with Gasteiger partial charge in [-0.2, -0.15) is 0 Å². The number of hydrogen-bond donors (Lipinski definition) is 0. The van der Waals surface area contributed by atoms with Crippen LogP contribution in [-0.2, 0) is 29.6 Å². The van der Waals surface area contributed by atoms with E-state index in [-0.39, 0.29) is 27.9 Å². The predicted octanol–water partition coefficient (Wildman–Crippen LogP) is 5.08. The lowest BCUT2D eigenvalue weighted by Gasteiger charge is -2.34. The van der Waals surface area contributed by atoms with Gasteiger partial charge < -0.3 is 13.7 Å². The SMILES string of the molecule is COC(=O)C1CCC(n2c(C(C)(C)O[SiH2]C(C)(C)C)nc3cnc4c(ccn4S(=O)(=O)c4ccccc4)c32)CC1. The molecule has 9 nitrogen and oxygen atoms in total. The maximum Gasteiger partial charge on any atom is 0.308 e. The minimum absolute atomic E-state index is 0.0692. The molecular weight excluding hydrogens is 544 g/mol. The molecule has 11 heteroatoms. The normalized spacial score (nSPS) is 19.1. The first-order valence-electron chi connectivity index (χ1n) is 13.7. The number of carbonyl (C=O) groups excluding carboxylic acids is 1. The lowest BCUT2D eigenvalue weighted by Crippen LogP contribution is -2.33. The zero-order chi connectivity index (χ0) is 28.9. The summed E-state index contributed by atoms with van der Waals surface area (Å²) in [5.41, 5.74) is 1.23. The zero-order valence-corrected chi connectivity index (χ0v) is 26.3. The molecule has 5 rings (SSSR count). The Bertz CT molecular complexity index is 1650. The van der Waals surface area contributed by atoms with Gasteiger partial charge in [0.25, 0.3) is 10.0 Å². The summed E-state index contributed by atoms with van der Waals surface area (Å²) in [5, 5.41) is 0.819. The van der Waals surface area contributed by atoms with Crippen LogP contribution in [0.2, 0.25) is 5.04 Å². The summed E-state index contributed by atoms with van der Waals surface area (Å²) >= 11 is 0. The van der Waals surface area contributed by atoms with E-state index in [1.165, 1.54) is 11.1 Å². The Balaban J connectivity index is 1.67. The van der Waals surface area contributed by atoms with Crippen molar-refractivity contribution in [1.29, 1.82) is 0 Å². The molecule has 1 aliphatic rings. The van der Waals surface area contributed by atoms with E-state index in [1.54, 1.807) is 42.7 Å². The van der Waals surface area contributed by atoms with Crippen molar-refractivity contribution in [3.05, 3.63) is 54.6 Å². The van der Waals surface area contributed by atoms with E-state index in [1.807, 2.05) is 6.07 Å². The monoisotopic (exact) mass is 582 g/mol. The number of pyridine rings is 1. The van der Waals surface area contributed by atoms with Gasteiger partial charge in [-0.05, 0) is 62.8 Å². The van der Waals surface area contributed by atoms with Crippen molar-refractivity contribution in [2.24, 2.45) is 5.92 Å². The number of esters is 1. The molecule has 0 radical (unpaired) electrons. The molecule has 0 N–H and O–H groups in total. The maximum atomic E-state index is 13.5. The topological polar surface area (TPSA) is 105 Å². The number of benzene rings is 1. The molecule has 1 aliphatic carbocycles. The first kappa shape index (κ1) is 28.5. The molecular formula is C29H38N4O5SSi. The van der Waals surface area contributed by atoms with Crippen LogP contribution in [0.25, 0.3) is 22.1 Å². The second-order valence-electron chi connectivity index (χ2n) is 12.4. The minimum Gasteiger partial charge on any atom is -0.469 e. The summed E-state index contributed by atoms with van der Waals surface area (Å²) < 4.78 is 42.2. The third kappa shape index (κ3) is 5.22. The lowest BCUT2D eigenvalue weighted by atomic mass is 9.85. The molecule has 40 heavy (non-hydrogen) atoms. The first-order chi connectivity index (χ1) is 18.8. The van der Waals surface area contributed by atoms with Gasteiger partial charge in [0.15, 0.2) is 15.4 Å². The number of hydrogen-bond acceptors (Lipinski definition) is 7. The second-order valence-corrected chi connectivity index (χ2v) is 16.9. The Morgan fingerprint density at radius 2 is 1.70 bits per heavy atom. The van der Waals surface area contributed by atoms with Gasteiger partial charge in [-0.15, -0.1) is 0 Å². The van der Waals surface area contributed by atoms with Gasteiger partial charge in [-0.3, -0.25) is 4.79 Å². The van der Waals surface area contributed by atoms with Crippen LogP contribution >= 0.6 is 0 Å². The number of methoxy groups -OCH3 is 1. The van der Waals surface area contributed by atoms with E-state index in [9.17, 15) is 13.2 Å². The van der Waals surface area contributed by atoms with E-state index >= 15 is 0 Å². The van der Waals surface area contributed by atoms with Crippen LogP contribution in [0.5, 0.6) is 0 Å². The third-order valence-electron chi connectivity index (χ3n) is 7.63. The maximum absolute atomic E-state index is 13.5. The Labute approximate surface area is 237 Å². The molecule has 0 bridgehead atoms.